The van der Waals surface area contributed by atoms with Crippen molar-refractivity contribution in [3.63, 3.8) is 0 Å². The van der Waals surface area contributed by atoms with E-state index in [1.807, 2.05) is 43.0 Å². The zero-order chi connectivity index (χ0) is 20.4. The Morgan fingerprint density at radius 3 is 2.66 bits per heavy atom. The molecule has 2 heterocycles. The highest BCUT2D eigenvalue weighted by Gasteiger charge is 2.37. The summed E-state index contributed by atoms with van der Waals surface area (Å²) in [7, 11) is 0. The summed E-state index contributed by atoms with van der Waals surface area (Å²) >= 11 is 1.75. The van der Waals surface area contributed by atoms with E-state index in [2.05, 4.69) is 11.4 Å². The molecule has 154 valence electrons. The summed E-state index contributed by atoms with van der Waals surface area (Å²) in [5.41, 5.74) is 2.37. The molecule has 1 aliphatic carbocycles. The molecule has 0 saturated heterocycles. The summed E-state index contributed by atoms with van der Waals surface area (Å²) in [5, 5.41) is 2.09. The zero-order valence-corrected chi connectivity index (χ0v) is 17.9. The van der Waals surface area contributed by atoms with Gasteiger partial charge in [0.2, 0.25) is 11.8 Å². The second kappa shape index (κ2) is 8.57. The van der Waals surface area contributed by atoms with Gasteiger partial charge in [-0.05, 0) is 55.3 Å². The smallest absolute Gasteiger partial charge is 0.242 e. The second-order valence-corrected chi connectivity index (χ2v) is 8.88. The summed E-state index contributed by atoms with van der Waals surface area (Å²) in [4.78, 5) is 30.6. The highest BCUT2D eigenvalue weighted by molar-refractivity contribution is 7.10. The lowest BCUT2D eigenvalue weighted by molar-refractivity contribution is -0.143. The molecule has 4 rings (SSSR count). The van der Waals surface area contributed by atoms with Crippen LogP contribution in [0.1, 0.15) is 48.2 Å². The van der Waals surface area contributed by atoms with E-state index >= 15 is 0 Å². The van der Waals surface area contributed by atoms with Crippen molar-refractivity contribution in [1.82, 2.24) is 9.80 Å². The summed E-state index contributed by atoms with van der Waals surface area (Å²) < 4.78 is 6.07. The average molecular weight is 413 g/mol. The van der Waals surface area contributed by atoms with Crippen molar-refractivity contribution in [2.24, 2.45) is 0 Å². The number of ether oxygens (including phenoxy) is 1. The fraction of sp³-hybridized carbons (Fsp3) is 0.478. The van der Waals surface area contributed by atoms with E-state index in [9.17, 15) is 9.59 Å². The molecule has 0 radical (unpaired) electrons. The van der Waals surface area contributed by atoms with Gasteiger partial charge in [-0.2, -0.15) is 0 Å². The lowest BCUT2D eigenvalue weighted by Gasteiger charge is -2.37. The van der Waals surface area contributed by atoms with Crippen molar-refractivity contribution in [2.45, 2.75) is 51.6 Å². The van der Waals surface area contributed by atoms with E-state index in [1.165, 1.54) is 16.0 Å². The minimum absolute atomic E-state index is 0.0213. The van der Waals surface area contributed by atoms with Crippen molar-refractivity contribution in [3.05, 3.63) is 51.7 Å². The number of amides is 2. The maximum atomic E-state index is 13.2. The summed E-state index contributed by atoms with van der Waals surface area (Å²) in [6, 6.07) is 10.2. The highest BCUT2D eigenvalue weighted by atomic mass is 32.1. The van der Waals surface area contributed by atoms with E-state index < -0.39 is 0 Å². The number of hydrogen-bond donors (Lipinski definition) is 0. The van der Waals surface area contributed by atoms with Crippen LogP contribution in [0, 0.1) is 6.92 Å². The molecule has 1 aromatic heterocycles. The fourth-order valence-electron chi connectivity index (χ4n) is 3.93. The van der Waals surface area contributed by atoms with Crippen LogP contribution in [-0.4, -0.2) is 47.4 Å². The van der Waals surface area contributed by atoms with Crippen LogP contribution in [0.4, 0.5) is 0 Å². The quantitative estimate of drug-likeness (QED) is 0.692. The normalized spacial score (nSPS) is 18.3. The monoisotopic (exact) mass is 412 g/mol. The van der Waals surface area contributed by atoms with Crippen LogP contribution in [0.5, 0.6) is 5.75 Å². The van der Waals surface area contributed by atoms with Crippen LogP contribution >= 0.6 is 11.3 Å². The minimum Gasteiger partial charge on any atom is -0.491 e. The van der Waals surface area contributed by atoms with Gasteiger partial charge >= 0.3 is 0 Å². The van der Waals surface area contributed by atoms with Crippen LogP contribution in [0.3, 0.4) is 0 Å². The van der Waals surface area contributed by atoms with Crippen molar-refractivity contribution < 1.29 is 14.3 Å². The predicted octanol–water partition coefficient (Wildman–Crippen LogP) is 3.96. The van der Waals surface area contributed by atoms with Crippen molar-refractivity contribution in [2.75, 3.05) is 19.7 Å². The molecule has 1 atom stereocenters. The number of fused-ring (bicyclic) bond motifs is 1. The number of benzene rings is 1. The van der Waals surface area contributed by atoms with Gasteiger partial charge in [0.05, 0.1) is 6.04 Å². The molecular formula is C23H28N2O3S. The van der Waals surface area contributed by atoms with Crippen LogP contribution in [0.25, 0.3) is 0 Å². The number of rotatable bonds is 7. The Morgan fingerprint density at radius 2 is 1.97 bits per heavy atom. The third-order valence-electron chi connectivity index (χ3n) is 5.76. The minimum atomic E-state index is -0.114. The first-order chi connectivity index (χ1) is 14.1. The molecule has 1 fully saturated rings. The van der Waals surface area contributed by atoms with Crippen LogP contribution in [0.15, 0.2) is 35.7 Å². The molecule has 1 unspecified atom stereocenters. The third kappa shape index (κ3) is 4.47. The average Bonchev–Trinajstić information content (AvgIpc) is 3.46. The molecule has 1 aliphatic heterocycles. The van der Waals surface area contributed by atoms with Gasteiger partial charge in [0.1, 0.15) is 18.9 Å². The largest absolute Gasteiger partial charge is 0.491 e. The molecule has 0 N–H and O–H groups in total. The Morgan fingerprint density at radius 1 is 1.21 bits per heavy atom. The molecular weight excluding hydrogens is 384 g/mol. The molecule has 0 spiro atoms. The van der Waals surface area contributed by atoms with Gasteiger partial charge in [-0.15, -0.1) is 11.3 Å². The van der Waals surface area contributed by atoms with Crippen molar-refractivity contribution in [1.29, 1.82) is 0 Å². The van der Waals surface area contributed by atoms with E-state index in [4.69, 9.17) is 4.74 Å². The lowest BCUT2D eigenvalue weighted by Crippen LogP contribution is -2.48. The van der Waals surface area contributed by atoms with Gasteiger partial charge in [0.25, 0.3) is 0 Å². The van der Waals surface area contributed by atoms with Gasteiger partial charge in [-0.3, -0.25) is 9.59 Å². The van der Waals surface area contributed by atoms with Gasteiger partial charge in [-0.25, -0.2) is 0 Å². The highest BCUT2D eigenvalue weighted by Crippen LogP contribution is 2.35. The number of carbonyl (C=O) groups excluding carboxylic acids is 2. The summed E-state index contributed by atoms with van der Waals surface area (Å²) in [6.45, 7) is 5.18. The number of aryl methyl sites for hydroxylation is 1. The van der Waals surface area contributed by atoms with E-state index in [1.54, 1.807) is 16.2 Å². The van der Waals surface area contributed by atoms with E-state index in [0.717, 1.165) is 25.0 Å². The Balaban J connectivity index is 1.50. The van der Waals surface area contributed by atoms with Crippen LogP contribution in [-0.2, 0) is 16.0 Å². The number of nitrogens with zero attached hydrogens (tertiary/aromatic N) is 2. The molecule has 2 aliphatic rings. The van der Waals surface area contributed by atoms with E-state index in [-0.39, 0.29) is 30.4 Å². The number of hydrogen-bond acceptors (Lipinski definition) is 4. The molecule has 2 amide bonds. The molecule has 2 aromatic rings. The summed E-state index contributed by atoms with van der Waals surface area (Å²) in [6.07, 6.45) is 3.32. The Labute approximate surface area is 176 Å². The first kappa shape index (κ1) is 20.0. The van der Waals surface area contributed by atoms with Gasteiger partial charge in [-0.1, -0.05) is 24.6 Å². The van der Waals surface area contributed by atoms with Crippen molar-refractivity contribution in [3.8, 4) is 5.75 Å². The topological polar surface area (TPSA) is 49.9 Å². The number of thiophene rings is 1. The zero-order valence-electron chi connectivity index (χ0n) is 17.1. The van der Waals surface area contributed by atoms with Gasteiger partial charge in [0, 0.05) is 23.9 Å². The Hall–Kier alpha value is -2.34. The van der Waals surface area contributed by atoms with E-state index in [0.29, 0.717) is 19.6 Å². The maximum absolute atomic E-state index is 13.2. The second-order valence-electron chi connectivity index (χ2n) is 7.88. The Bertz CT molecular complexity index is 873. The first-order valence-electron chi connectivity index (χ1n) is 10.4. The van der Waals surface area contributed by atoms with Gasteiger partial charge in [0.15, 0.2) is 0 Å². The predicted molar refractivity (Wildman–Crippen MR) is 114 cm³/mol. The molecule has 6 heteroatoms. The maximum Gasteiger partial charge on any atom is 0.242 e. The van der Waals surface area contributed by atoms with Crippen molar-refractivity contribution >= 4 is 23.2 Å². The first-order valence-corrected chi connectivity index (χ1v) is 11.3. The molecule has 5 nitrogen and oxygen atoms in total. The third-order valence-corrected chi connectivity index (χ3v) is 6.76. The number of carbonyl (C=O) groups is 2. The lowest BCUT2D eigenvalue weighted by atomic mass is 10.0. The van der Waals surface area contributed by atoms with Crippen LogP contribution < -0.4 is 4.74 Å². The molecule has 0 bridgehead atoms. The molecule has 1 aromatic carbocycles. The Kier molecular flexibility index (Phi) is 5.90. The van der Waals surface area contributed by atoms with Gasteiger partial charge < -0.3 is 14.5 Å². The molecule has 1 saturated carbocycles. The summed E-state index contributed by atoms with van der Waals surface area (Å²) in [5.74, 6) is 0.903. The standard InChI is InChI=1S/C23H28N2O3S/c1-3-22(26)25(17-6-7-17)14-23(27)24-12-10-21-19(11-13-29-21)20(24)15-28-18-8-4-16(2)5-9-18/h4-5,8-9,11,13,17,20H,3,6-7,10,12,14-15H2,1-2H3. The van der Waals surface area contributed by atoms with Crippen LogP contribution in [0.2, 0.25) is 0 Å². The molecule has 29 heavy (non-hydrogen) atoms. The fourth-order valence-corrected chi connectivity index (χ4v) is 4.86. The SMILES string of the molecule is CCC(=O)N(CC(=O)N1CCc2sccc2C1COc1ccc(C)cc1)C1CC1.